The fraction of sp³-hybridized carbons (Fsp3) is 0.476. The van der Waals surface area contributed by atoms with Crippen LogP contribution in [0.15, 0.2) is 34.7 Å². The third kappa shape index (κ3) is 4.34. The first kappa shape index (κ1) is 21.5. The van der Waals surface area contributed by atoms with Gasteiger partial charge in [0.05, 0.1) is 5.70 Å². The molecule has 162 valence electrons. The number of anilines is 1. The number of amides is 2. The molecule has 9 heteroatoms. The Balaban J connectivity index is 1.92. The molecule has 0 aromatic carbocycles. The molecular weight excluding hydrogens is 384 g/mol. The molecule has 1 aromatic heterocycles. The van der Waals surface area contributed by atoms with Crippen LogP contribution < -0.4 is 33.0 Å². The lowest BCUT2D eigenvalue weighted by Gasteiger charge is -2.34. The molecule has 1 aromatic rings. The summed E-state index contributed by atoms with van der Waals surface area (Å²) in [4.78, 5) is 36.5. The molecule has 0 atom stereocenters. The van der Waals surface area contributed by atoms with Crippen LogP contribution in [-0.4, -0.2) is 16.9 Å². The van der Waals surface area contributed by atoms with E-state index in [1.54, 1.807) is 10.6 Å². The molecule has 2 saturated carbocycles. The fourth-order valence-electron chi connectivity index (χ4n) is 4.01. The second-order valence-electron chi connectivity index (χ2n) is 8.08. The van der Waals surface area contributed by atoms with Gasteiger partial charge in [-0.15, -0.1) is 0 Å². The number of nitrogens with zero attached hydrogens (tertiary/aromatic N) is 1. The second kappa shape index (κ2) is 8.64. The minimum atomic E-state index is -0.731. The molecule has 30 heavy (non-hydrogen) atoms. The number of nitrogens with one attached hydrogen (secondary N) is 3. The Morgan fingerprint density at radius 3 is 2.50 bits per heavy atom. The summed E-state index contributed by atoms with van der Waals surface area (Å²) < 4.78 is 1.67. The van der Waals surface area contributed by atoms with Gasteiger partial charge in [0, 0.05) is 23.9 Å². The standard InChI is InChI=1S/C21H30N6O3/c1-13-9-17(25-16(11-22)10-18(23)26-19(29)15-5-6-15)20(30)27(14(13)2)21(24-12-28)7-3-4-8-21/h9-12,15,25H,3-8,22-23H2,1-2H3,(H,24,28)(H,26,29)/b16-11+,18-10+. The number of aryl methyl sites for hydroxylation is 1. The van der Waals surface area contributed by atoms with E-state index in [0.29, 0.717) is 30.6 Å². The maximum absolute atomic E-state index is 13.4. The lowest BCUT2D eigenvalue weighted by molar-refractivity contribution is -0.121. The monoisotopic (exact) mass is 414 g/mol. The van der Waals surface area contributed by atoms with E-state index in [0.717, 1.165) is 36.9 Å². The summed E-state index contributed by atoms with van der Waals surface area (Å²) in [6.07, 6.45) is 8.40. The van der Waals surface area contributed by atoms with E-state index in [2.05, 4.69) is 16.0 Å². The average molecular weight is 415 g/mol. The van der Waals surface area contributed by atoms with Crippen LogP contribution in [-0.2, 0) is 15.3 Å². The molecule has 2 amide bonds. The first-order valence-electron chi connectivity index (χ1n) is 10.2. The summed E-state index contributed by atoms with van der Waals surface area (Å²) in [6, 6.07) is 1.74. The number of pyridine rings is 1. The average Bonchev–Trinajstić information content (AvgIpc) is 3.46. The van der Waals surface area contributed by atoms with E-state index in [1.165, 1.54) is 12.3 Å². The minimum Gasteiger partial charge on any atom is -0.403 e. The van der Waals surface area contributed by atoms with Crippen LogP contribution in [0.1, 0.15) is 49.8 Å². The Kier molecular flexibility index (Phi) is 6.19. The Bertz CT molecular complexity index is 952. The zero-order valence-corrected chi connectivity index (χ0v) is 17.5. The SMILES string of the molecule is Cc1cc(NC(/C=C(\N)NC(=O)C2CC2)=C/N)c(=O)n(C2(NC=O)CCCC2)c1C. The van der Waals surface area contributed by atoms with E-state index < -0.39 is 5.66 Å². The number of hydrogen-bond acceptors (Lipinski definition) is 6. The molecular formula is C21H30N6O3. The van der Waals surface area contributed by atoms with Crippen molar-refractivity contribution in [3.63, 3.8) is 0 Å². The van der Waals surface area contributed by atoms with Crippen LogP contribution in [0.4, 0.5) is 5.69 Å². The normalized spacial score (nSPS) is 18.7. The summed E-state index contributed by atoms with van der Waals surface area (Å²) in [6.45, 7) is 3.78. The summed E-state index contributed by atoms with van der Waals surface area (Å²) in [7, 11) is 0. The lowest BCUT2D eigenvalue weighted by Crippen LogP contribution is -2.51. The van der Waals surface area contributed by atoms with Gasteiger partial charge in [-0.2, -0.15) is 0 Å². The summed E-state index contributed by atoms with van der Waals surface area (Å²) >= 11 is 0. The summed E-state index contributed by atoms with van der Waals surface area (Å²) in [5, 5.41) is 8.54. The smallest absolute Gasteiger partial charge is 0.276 e. The Hall–Kier alpha value is -3.23. The molecule has 2 aliphatic rings. The first-order valence-corrected chi connectivity index (χ1v) is 10.2. The van der Waals surface area contributed by atoms with E-state index in [1.807, 2.05) is 13.8 Å². The Morgan fingerprint density at radius 1 is 1.27 bits per heavy atom. The number of carbonyl (C=O) groups is 2. The third-order valence-electron chi connectivity index (χ3n) is 5.87. The van der Waals surface area contributed by atoms with Crippen molar-refractivity contribution in [3.05, 3.63) is 51.5 Å². The van der Waals surface area contributed by atoms with Crippen LogP contribution >= 0.6 is 0 Å². The van der Waals surface area contributed by atoms with Gasteiger partial charge in [0.2, 0.25) is 12.3 Å². The maximum atomic E-state index is 13.4. The molecule has 7 N–H and O–H groups in total. The van der Waals surface area contributed by atoms with Gasteiger partial charge in [-0.25, -0.2) is 0 Å². The quantitative estimate of drug-likeness (QED) is 0.317. The van der Waals surface area contributed by atoms with Gasteiger partial charge in [0.25, 0.3) is 5.56 Å². The molecule has 0 unspecified atom stereocenters. The van der Waals surface area contributed by atoms with E-state index >= 15 is 0 Å². The minimum absolute atomic E-state index is 0.0232. The molecule has 0 spiro atoms. The van der Waals surface area contributed by atoms with Gasteiger partial charge >= 0.3 is 0 Å². The number of allylic oxidation sites excluding steroid dienone is 1. The highest BCUT2D eigenvalue weighted by atomic mass is 16.2. The third-order valence-corrected chi connectivity index (χ3v) is 5.87. The van der Waals surface area contributed by atoms with Gasteiger partial charge in [-0.3, -0.25) is 19.0 Å². The van der Waals surface area contributed by atoms with Crippen LogP contribution in [0.25, 0.3) is 0 Å². The maximum Gasteiger partial charge on any atom is 0.276 e. The highest BCUT2D eigenvalue weighted by molar-refractivity contribution is 5.82. The van der Waals surface area contributed by atoms with Crippen molar-refractivity contribution in [1.82, 2.24) is 15.2 Å². The molecule has 0 aliphatic heterocycles. The van der Waals surface area contributed by atoms with Crippen molar-refractivity contribution >= 4 is 18.0 Å². The topological polar surface area (TPSA) is 144 Å². The Morgan fingerprint density at radius 2 is 1.93 bits per heavy atom. The predicted octanol–water partition coefficient (Wildman–Crippen LogP) is 0.976. The Labute approximate surface area is 175 Å². The van der Waals surface area contributed by atoms with Crippen LogP contribution in [0.2, 0.25) is 0 Å². The molecule has 0 saturated heterocycles. The second-order valence-corrected chi connectivity index (χ2v) is 8.08. The van der Waals surface area contributed by atoms with Crippen molar-refractivity contribution in [1.29, 1.82) is 0 Å². The van der Waals surface area contributed by atoms with E-state index in [4.69, 9.17) is 11.5 Å². The fourth-order valence-corrected chi connectivity index (χ4v) is 4.01. The molecule has 3 rings (SSSR count). The largest absolute Gasteiger partial charge is 0.403 e. The van der Waals surface area contributed by atoms with Crippen molar-refractivity contribution < 1.29 is 9.59 Å². The molecule has 0 radical (unpaired) electrons. The van der Waals surface area contributed by atoms with Gasteiger partial charge < -0.3 is 27.4 Å². The number of hydrogen-bond donors (Lipinski definition) is 5. The number of aromatic nitrogens is 1. The number of carbonyl (C=O) groups excluding carboxylic acids is 2. The molecule has 9 nitrogen and oxygen atoms in total. The van der Waals surface area contributed by atoms with Crippen LogP contribution in [0, 0.1) is 19.8 Å². The zero-order chi connectivity index (χ0) is 21.9. The number of rotatable bonds is 8. The summed E-state index contributed by atoms with van der Waals surface area (Å²) in [5.41, 5.74) is 13.0. The highest BCUT2D eigenvalue weighted by Crippen LogP contribution is 2.34. The van der Waals surface area contributed by atoms with Crippen LogP contribution in [0.3, 0.4) is 0 Å². The van der Waals surface area contributed by atoms with E-state index in [9.17, 15) is 14.4 Å². The predicted molar refractivity (Wildman–Crippen MR) is 115 cm³/mol. The van der Waals surface area contributed by atoms with Crippen molar-refractivity contribution in [3.8, 4) is 0 Å². The van der Waals surface area contributed by atoms with Gasteiger partial charge in [-0.1, -0.05) is 0 Å². The lowest BCUT2D eigenvalue weighted by atomic mass is 10.1. The zero-order valence-electron chi connectivity index (χ0n) is 17.5. The van der Waals surface area contributed by atoms with Gasteiger partial charge in [0.1, 0.15) is 17.2 Å². The highest BCUT2D eigenvalue weighted by Gasteiger charge is 2.37. The van der Waals surface area contributed by atoms with Crippen molar-refractivity contribution in [2.45, 2.75) is 58.0 Å². The van der Waals surface area contributed by atoms with Crippen LogP contribution in [0.5, 0.6) is 0 Å². The molecule has 0 bridgehead atoms. The van der Waals surface area contributed by atoms with Crippen molar-refractivity contribution in [2.24, 2.45) is 17.4 Å². The molecule has 2 aliphatic carbocycles. The van der Waals surface area contributed by atoms with Crippen molar-refractivity contribution in [2.75, 3.05) is 5.32 Å². The number of nitrogens with two attached hydrogens (primary N) is 2. The van der Waals surface area contributed by atoms with Gasteiger partial charge in [0.15, 0.2) is 0 Å². The first-order chi connectivity index (χ1) is 14.3. The summed E-state index contributed by atoms with van der Waals surface area (Å²) in [5.74, 6) is 0.0574. The molecule has 2 fully saturated rings. The van der Waals surface area contributed by atoms with Gasteiger partial charge in [-0.05, 0) is 64.0 Å². The van der Waals surface area contributed by atoms with E-state index in [-0.39, 0.29) is 23.2 Å². The molecule has 1 heterocycles.